The molecular weight excluding hydrogens is 286 g/mol. The zero-order valence-corrected chi connectivity index (χ0v) is 10.9. The van der Waals surface area contributed by atoms with Gasteiger partial charge in [0.05, 0.1) is 0 Å². The van der Waals surface area contributed by atoms with Gasteiger partial charge in [-0.3, -0.25) is 9.59 Å². The average Bonchev–Trinajstić information content (AvgIpc) is 2.55. The van der Waals surface area contributed by atoms with Crippen LogP contribution in [0.1, 0.15) is 31.4 Å². The van der Waals surface area contributed by atoms with E-state index in [0.29, 0.717) is 24.1 Å². The summed E-state index contributed by atoms with van der Waals surface area (Å²) in [4.78, 5) is 23.1. The fourth-order valence-corrected chi connectivity index (χ4v) is 2.08. The molecule has 2 rings (SSSR count). The van der Waals surface area contributed by atoms with Crippen molar-refractivity contribution >= 4 is 33.5 Å². The van der Waals surface area contributed by atoms with Crippen molar-refractivity contribution in [2.45, 2.75) is 25.9 Å². The zero-order valence-electron chi connectivity index (χ0n) is 9.33. The molecule has 0 radical (unpaired) electrons. The molecule has 1 aromatic carbocycles. The Morgan fingerprint density at radius 2 is 2.29 bits per heavy atom. The van der Waals surface area contributed by atoms with E-state index in [0.717, 1.165) is 4.47 Å². The highest BCUT2D eigenvalue weighted by atomic mass is 79.9. The van der Waals surface area contributed by atoms with Gasteiger partial charge in [-0.15, -0.1) is 0 Å². The van der Waals surface area contributed by atoms with Gasteiger partial charge in [0.2, 0.25) is 6.10 Å². The van der Waals surface area contributed by atoms with Gasteiger partial charge in [-0.2, -0.15) is 0 Å². The minimum absolute atomic E-state index is 0.289. The van der Waals surface area contributed by atoms with Crippen LogP contribution >= 0.6 is 15.9 Å². The van der Waals surface area contributed by atoms with Gasteiger partial charge >= 0.3 is 5.97 Å². The largest absolute Gasteiger partial charge is 0.447 e. The van der Waals surface area contributed by atoms with Gasteiger partial charge in [0.25, 0.3) is 5.91 Å². The van der Waals surface area contributed by atoms with Crippen LogP contribution < -0.4 is 5.32 Å². The quantitative estimate of drug-likeness (QED) is 0.873. The summed E-state index contributed by atoms with van der Waals surface area (Å²) in [6.07, 6.45) is 0.230. The standard InChI is InChI=1S/C12H12BrNO3/c1-2-3-10(15)17-11-8-5-4-7(13)6-9(8)14-12(11)16/h4-6,11H,2-3H2,1H3,(H,14,16). The predicted molar refractivity (Wildman–Crippen MR) is 66.5 cm³/mol. The highest BCUT2D eigenvalue weighted by Crippen LogP contribution is 2.35. The average molecular weight is 298 g/mol. The molecule has 0 aromatic heterocycles. The number of amides is 1. The molecule has 4 nitrogen and oxygen atoms in total. The number of ether oxygens (including phenoxy) is 1. The first-order valence-corrected chi connectivity index (χ1v) is 6.21. The minimum atomic E-state index is -0.808. The van der Waals surface area contributed by atoms with Crippen LogP contribution in [0.15, 0.2) is 22.7 Å². The summed E-state index contributed by atoms with van der Waals surface area (Å²) in [5.41, 5.74) is 1.40. The van der Waals surface area contributed by atoms with Crippen LogP contribution in [0.25, 0.3) is 0 Å². The van der Waals surface area contributed by atoms with Crippen molar-refractivity contribution < 1.29 is 14.3 Å². The lowest BCUT2D eigenvalue weighted by Gasteiger charge is -2.10. The number of esters is 1. The maximum atomic E-state index is 11.7. The van der Waals surface area contributed by atoms with Crippen molar-refractivity contribution in [1.29, 1.82) is 0 Å². The van der Waals surface area contributed by atoms with E-state index in [1.165, 1.54) is 0 Å². The van der Waals surface area contributed by atoms with E-state index in [1.807, 2.05) is 13.0 Å². The molecule has 0 saturated heterocycles. The summed E-state index contributed by atoms with van der Waals surface area (Å²) in [5, 5.41) is 2.69. The third-order valence-electron chi connectivity index (χ3n) is 2.50. The highest BCUT2D eigenvalue weighted by Gasteiger charge is 2.33. The second-order valence-electron chi connectivity index (χ2n) is 3.84. The van der Waals surface area contributed by atoms with Gasteiger partial charge in [0.15, 0.2) is 0 Å². The SMILES string of the molecule is CCCC(=O)OC1C(=O)Nc2cc(Br)ccc21. The number of carbonyl (C=O) groups excluding carboxylic acids is 2. The summed E-state index contributed by atoms with van der Waals surface area (Å²) < 4.78 is 6.04. The van der Waals surface area contributed by atoms with Crippen LogP contribution in [0.2, 0.25) is 0 Å². The van der Waals surface area contributed by atoms with E-state index in [2.05, 4.69) is 21.2 Å². The minimum Gasteiger partial charge on any atom is -0.447 e. The van der Waals surface area contributed by atoms with E-state index in [-0.39, 0.29) is 11.9 Å². The lowest BCUT2D eigenvalue weighted by atomic mass is 10.1. The molecule has 0 aliphatic carbocycles. The van der Waals surface area contributed by atoms with E-state index >= 15 is 0 Å². The lowest BCUT2D eigenvalue weighted by Crippen LogP contribution is -2.18. The van der Waals surface area contributed by atoms with Crippen molar-refractivity contribution in [3.05, 3.63) is 28.2 Å². The molecule has 1 N–H and O–H groups in total. The third kappa shape index (κ3) is 2.49. The van der Waals surface area contributed by atoms with Gasteiger partial charge in [-0.25, -0.2) is 0 Å². The van der Waals surface area contributed by atoms with Gasteiger partial charge in [-0.1, -0.05) is 28.9 Å². The number of hydrogen-bond acceptors (Lipinski definition) is 3. The number of halogens is 1. The fraction of sp³-hybridized carbons (Fsp3) is 0.333. The molecule has 90 valence electrons. The molecule has 0 saturated carbocycles. The van der Waals surface area contributed by atoms with Gasteiger partial charge in [0.1, 0.15) is 0 Å². The van der Waals surface area contributed by atoms with Crippen molar-refractivity contribution in [3.63, 3.8) is 0 Å². The number of benzene rings is 1. The van der Waals surface area contributed by atoms with E-state index < -0.39 is 6.10 Å². The number of rotatable bonds is 3. The summed E-state index contributed by atoms with van der Waals surface area (Å²) in [5.74, 6) is -0.633. The topological polar surface area (TPSA) is 55.4 Å². The zero-order chi connectivity index (χ0) is 12.4. The monoisotopic (exact) mass is 297 g/mol. The number of anilines is 1. The Labute approximate surface area is 107 Å². The maximum absolute atomic E-state index is 11.7. The van der Waals surface area contributed by atoms with Gasteiger partial charge in [-0.05, 0) is 18.6 Å². The number of hydrogen-bond donors (Lipinski definition) is 1. The van der Waals surface area contributed by atoms with E-state index in [1.54, 1.807) is 12.1 Å². The Balaban J connectivity index is 2.20. The summed E-state index contributed by atoms with van der Waals surface area (Å²) >= 11 is 3.32. The van der Waals surface area contributed by atoms with Crippen LogP contribution in [0.4, 0.5) is 5.69 Å². The molecule has 0 fully saturated rings. The molecule has 1 heterocycles. The van der Waals surface area contributed by atoms with Crippen LogP contribution in [-0.2, 0) is 14.3 Å². The number of nitrogens with one attached hydrogen (secondary N) is 1. The predicted octanol–water partition coefficient (Wildman–Crippen LogP) is 2.79. The molecule has 1 amide bonds. The Morgan fingerprint density at radius 1 is 1.53 bits per heavy atom. The molecular formula is C12H12BrNO3. The molecule has 1 aliphatic heterocycles. The molecule has 1 atom stereocenters. The van der Waals surface area contributed by atoms with Crippen molar-refractivity contribution in [3.8, 4) is 0 Å². The second kappa shape index (κ2) is 4.87. The molecule has 17 heavy (non-hydrogen) atoms. The normalized spacial score (nSPS) is 17.5. The third-order valence-corrected chi connectivity index (χ3v) is 2.99. The smallest absolute Gasteiger partial charge is 0.306 e. The Hall–Kier alpha value is -1.36. The van der Waals surface area contributed by atoms with Crippen molar-refractivity contribution in [2.75, 3.05) is 5.32 Å². The Kier molecular flexibility index (Phi) is 3.47. The summed E-state index contributed by atoms with van der Waals surface area (Å²) in [6.45, 7) is 1.89. The first-order chi connectivity index (χ1) is 8.11. The van der Waals surface area contributed by atoms with E-state index in [9.17, 15) is 9.59 Å². The van der Waals surface area contributed by atoms with Crippen LogP contribution in [0.3, 0.4) is 0 Å². The van der Waals surface area contributed by atoms with Crippen molar-refractivity contribution in [1.82, 2.24) is 0 Å². The van der Waals surface area contributed by atoms with Gasteiger partial charge < -0.3 is 10.1 Å². The first-order valence-electron chi connectivity index (χ1n) is 5.41. The van der Waals surface area contributed by atoms with Crippen LogP contribution in [0.5, 0.6) is 0 Å². The summed E-state index contributed by atoms with van der Waals surface area (Å²) in [6, 6.07) is 5.39. The molecule has 1 unspecified atom stereocenters. The Morgan fingerprint density at radius 3 is 3.00 bits per heavy atom. The summed E-state index contributed by atoms with van der Waals surface area (Å²) in [7, 11) is 0. The molecule has 1 aliphatic rings. The molecule has 1 aromatic rings. The van der Waals surface area contributed by atoms with Crippen LogP contribution in [0, 0.1) is 0 Å². The number of carbonyl (C=O) groups is 2. The molecule has 0 bridgehead atoms. The lowest BCUT2D eigenvalue weighted by molar-refractivity contribution is -0.154. The molecule has 0 spiro atoms. The van der Waals surface area contributed by atoms with E-state index in [4.69, 9.17) is 4.74 Å². The van der Waals surface area contributed by atoms with Gasteiger partial charge in [0, 0.05) is 22.1 Å². The second-order valence-corrected chi connectivity index (χ2v) is 4.76. The highest BCUT2D eigenvalue weighted by molar-refractivity contribution is 9.10. The number of fused-ring (bicyclic) bond motifs is 1. The van der Waals surface area contributed by atoms with Crippen molar-refractivity contribution in [2.24, 2.45) is 0 Å². The fourth-order valence-electron chi connectivity index (χ4n) is 1.72. The molecule has 5 heteroatoms. The first kappa shape index (κ1) is 12.1. The van der Waals surface area contributed by atoms with Crippen LogP contribution in [-0.4, -0.2) is 11.9 Å². The maximum Gasteiger partial charge on any atom is 0.306 e. The Bertz CT molecular complexity index is 473.